The van der Waals surface area contributed by atoms with Gasteiger partial charge in [-0.05, 0) is 18.9 Å². The number of ether oxygens (including phenoxy) is 2. The third-order valence-electron chi connectivity index (χ3n) is 3.77. The van der Waals surface area contributed by atoms with Crippen LogP contribution in [0.4, 0.5) is 0 Å². The number of aliphatic hydroxyl groups excluding tert-OH is 1. The quantitative estimate of drug-likeness (QED) is 0.842. The molecular formula is C16H23NO4. The Morgan fingerprint density at radius 1 is 1.33 bits per heavy atom. The number of para-hydroxylation sites is 1. The van der Waals surface area contributed by atoms with Gasteiger partial charge in [0.25, 0.3) is 5.91 Å². The van der Waals surface area contributed by atoms with Gasteiger partial charge in [0.05, 0.1) is 13.7 Å². The van der Waals surface area contributed by atoms with Crippen molar-refractivity contribution in [2.24, 2.45) is 0 Å². The monoisotopic (exact) mass is 293 g/mol. The maximum Gasteiger partial charge on any atom is 0.258 e. The fraction of sp³-hybridized carbons (Fsp3) is 0.562. The van der Waals surface area contributed by atoms with Gasteiger partial charge < -0.3 is 19.9 Å². The van der Waals surface area contributed by atoms with Crippen LogP contribution in [-0.4, -0.2) is 30.8 Å². The predicted molar refractivity (Wildman–Crippen MR) is 79.4 cm³/mol. The number of hydrogen-bond acceptors (Lipinski definition) is 4. The van der Waals surface area contributed by atoms with Crippen molar-refractivity contribution in [3.63, 3.8) is 0 Å². The van der Waals surface area contributed by atoms with Crippen LogP contribution in [0.5, 0.6) is 11.5 Å². The lowest BCUT2D eigenvalue weighted by Crippen LogP contribution is -2.39. The lowest BCUT2D eigenvalue weighted by Gasteiger charge is -2.23. The van der Waals surface area contributed by atoms with Gasteiger partial charge in [-0.25, -0.2) is 0 Å². The van der Waals surface area contributed by atoms with E-state index in [-0.39, 0.29) is 25.2 Å². The van der Waals surface area contributed by atoms with Crippen molar-refractivity contribution < 1.29 is 19.4 Å². The molecule has 1 aliphatic rings. The molecule has 0 aromatic heterocycles. The second kappa shape index (κ2) is 7.88. The Morgan fingerprint density at radius 3 is 2.76 bits per heavy atom. The molecule has 2 N–H and O–H groups in total. The van der Waals surface area contributed by atoms with E-state index in [1.165, 1.54) is 26.4 Å². The Bertz CT molecular complexity index is 447. The average Bonchev–Trinajstić information content (AvgIpc) is 2.53. The lowest BCUT2D eigenvalue weighted by atomic mass is 9.95. The third kappa shape index (κ3) is 4.36. The number of methoxy groups -OCH3 is 1. The molecule has 0 heterocycles. The smallest absolute Gasteiger partial charge is 0.258 e. The summed E-state index contributed by atoms with van der Waals surface area (Å²) in [5, 5.41) is 12.3. The molecule has 1 aromatic rings. The normalized spacial score (nSPS) is 15.5. The highest BCUT2D eigenvalue weighted by Gasteiger charge is 2.17. The van der Waals surface area contributed by atoms with Crippen molar-refractivity contribution in [2.45, 2.75) is 44.8 Å². The minimum Gasteiger partial charge on any atom is -0.493 e. The van der Waals surface area contributed by atoms with Gasteiger partial charge in [-0.15, -0.1) is 0 Å². The number of carbonyl (C=O) groups is 1. The van der Waals surface area contributed by atoms with E-state index in [4.69, 9.17) is 9.47 Å². The van der Waals surface area contributed by atoms with E-state index in [9.17, 15) is 9.90 Å². The molecule has 0 bridgehead atoms. The number of aliphatic hydroxyl groups is 1. The molecule has 5 nitrogen and oxygen atoms in total. The van der Waals surface area contributed by atoms with Crippen LogP contribution < -0.4 is 14.8 Å². The van der Waals surface area contributed by atoms with Gasteiger partial charge >= 0.3 is 0 Å². The average molecular weight is 293 g/mol. The van der Waals surface area contributed by atoms with Gasteiger partial charge in [-0.2, -0.15) is 0 Å². The first-order valence-corrected chi connectivity index (χ1v) is 7.43. The molecule has 1 aromatic carbocycles. The molecule has 5 heteroatoms. The SMILES string of the molecule is COc1cccc(CO)c1OCC(=O)NC1CCCCC1. The van der Waals surface area contributed by atoms with Crippen LogP contribution in [-0.2, 0) is 11.4 Å². The number of rotatable bonds is 6. The largest absolute Gasteiger partial charge is 0.493 e. The van der Waals surface area contributed by atoms with Gasteiger partial charge in [0, 0.05) is 11.6 Å². The lowest BCUT2D eigenvalue weighted by molar-refractivity contribution is -0.124. The molecule has 21 heavy (non-hydrogen) atoms. The van der Waals surface area contributed by atoms with Gasteiger partial charge in [-0.1, -0.05) is 31.4 Å². The summed E-state index contributed by atoms with van der Waals surface area (Å²) >= 11 is 0. The number of benzene rings is 1. The summed E-state index contributed by atoms with van der Waals surface area (Å²) in [6.45, 7) is -0.222. The maximum atomic E-state index is 11.9. The van der Waals surface area contributed by atoms with E-state index in [0.29, 0.717) is 17.1 Å². The molecule has 1 amide bonds. The number of amides is 1. The van der Waals surface area contributed by atoms with Crippen LogP contribution in [0.15, 0.2) is 18.2 Å². The van der Waals surface area contributed by atoms with Crippen molar-refractivity contribution >= 4 is 5.91 Å². The summed E-state index contributed by atoms with van der Waals surface area (Å²) in [5.41, 5.74) is 0.611. The molecular weight excluding hydrogens is 270 g/mol. The van der Waals surface area contributed by atoms with E-state index in [0.717, 1.165) is 12.8 Å². The molecule has 0 unspecified atom stereocenters. The first-order valence-electron chi connectivity index (χ1n) is 7.43. The molecule has 1 fully saturated rings. The van der Waals surface area contributed by atoms with Crippen LogP contribution in [0, 0.1) is 0 Å². The highest BCUT2D eigenvalue weighted by atomic mass is 16.5. The van der Waals surface area contributed by atoms with E-state index in [1.54, 1.807) is 18.2 Å². The summed E-state index contributed by atoms with van der Waals surface area (Å²) in [6.07, 6.45) is 5.69. The number of carbonyl (C=O) groups excluding carboxylic acids is 1. The first kappa shape index (κ1) is 15.6. The van der Waals surface area contributed by atoms with Crippen LogP contribution in [0.3, 0.4) is 0 Å². The maximum absolute atomic E-state index is 11.9. The fourth-order valence-electron chi connectivity index (χ4n) is 2.66. The van der Waals surface area contributed by atoms with Gasteiger partial charge in [-0.3, -0.25) is 4.79 Å². The molecule has 0 aliphatic heterocycles. The molecule has 1 saturated carbocycles. The fourth-order valence-corrected chi connectivity index (χ4v) is 2.66. The second-order valence-electron chi connectivity index (χ2n) is 5.30. The minimum atomic E-state index is -0.156. The Kier molecular flexibility index (Phi) is 5.87. The zero-order chi connectivity index (χ0) is 15.1. The van der Waals surface area contributed by atoms with E-state index in [1.807, 2.05) is 0 Å². The molecule has 1 aliphatic carbocycles. The van der Waals surface area contributed by atoms with Crippen LogP contribution in [0.2, 0.25) is 0 Å². The number of nitrogens with one attached hydrogen (secondary N) is 1. The summed E-state index contributed by atoms with van der Waals surface area (Å²) in [5.74, 6) is 0.824. The van der Waals surface area contributed by atoms with Crippen molar-refractivity contribution in [3.05, 3.63) is 23.8 Å². The van der Waals surface area contributed by atoms with E-state index >= 15 is 0 Å². The molecule has 2 rings (SSSR count). The van der Waals surface area contributed by atoms with E-state index in [2.05, 4.69) is 5.32 Å². The van der Waals surface area contributed by atoms with Gasteiger partial charge in [0.15, 0.2) is 18.1 Å². The predicted octanol–water partition coefficient (Wildman–Crippen LogP) is 2.02. The van der Waals surface area contributed by atoms with Gasteiger partial charge in [0.2, 0.25) is 0 Å². The number of hydrogen-bond donors (Lipinski definition) is 2. The zero-order valence-electron chi connectivity index (χ0n) is 12.4. The van der Waals surface area contributed by atoms with Crippen molar-refractivity contribution in [3.8, 4) is 11.5 Å². The van der Waals surface area contributed by atoms with E-state index < -0.39 is 0 Å². The van der Waals surface area contributed by atoms with Crippen LogP contribution in [0.25, 0.3) is 0 Å². The Balaban J connectivity index is 1.91. The highest BCUT2D eigenvalue weighted by Crippen LogP contribution is 2.31. The Labute approximate surface area is 125 Å². The van der Waals surface area contributed by atoms with Crippen molar-refractivity contribution in [1.29, 1.82) is 0 Å². The Hall–Kier alpha value is -1.75. The summed E-state index contributed by atoms with van der Waals surface area (Å²) in [4.78, 5) is 11.9. The third-order valence-corrected chi connectivity index (χ3v) is 3.77. The minimum absolute atomic E-state index is 0.0656. The van der Waals surface area contributed by atoms with Crippen LogP contribution in [0.1, 0.15) is 37.7 Å². The second-order valence-corrected chi connectivity index (χ2v) is 5.30. The van der Waals surface area contributed by atoms with Gasteiger partial charge in [0.1, 0.15) is 0 Å². The molecule has 0 spiro atoms. The summed E-state index contributed by atoms with van der Waals surface area (Å²) in [7, 11) is 1.53. The standard InChI is InChI=1S/C16H23NO4/c1-20-14-9-5-6-12(10-18)16(14)21-11-15(19)17-13-7-3-2-4-8-13/h5-6,9,13,18H,2-4,7-8,10-11H2,1H3,(H,17,19). The van der Waals surface area contributed by atoms with Crippen LogP contribution >= 0.6 is 0 Å². The highest BCUT2D eigenvalue weighted by molar-refractivity contribution is 5.78. The molecule has 0 saturated heterocycles. The summed E-state index contributed by atoms with van der Waals surface area (Å²) < 4.78 is 10.8. The molecule has 0 radical (unpaired) electrons. The zero-order valence-corrected chi connectivity index (χ0v) is 12.4. The summed E-state index contributed by atoms with van der Waals surface area (Å²) in [6, 6.07) is 5.54. The van der Waals surface area contributed by atoms with Crippen molar-refractivity contribution in [1.82, 2.24) is 5.32 Å². The van der Waals surface area contributed by atoms with Crippen molar-refractivity contribution in [2.75, 3.05) is 13.7 Å². The Morgan fingerprint density at radius 2 is 2.10 bits per heavy atom. The topological polar surface area (TPSA) is 67.8 Å². The molecule has 116 valence electrons. The first-order chi connectivity index (χ1) is 10.2. The molecule has 0 atom stereocenters.